The van der Waals surface area contributed by atoms with Gasteiger partial charge in [0.15, 0.2) is 0 Å². The second kappa shape index (κ2) is 4.23. The third kappa shape index (κ3) is 1.98. The van der Waals surface area contributed by atoms with Crippen LogP contribution in [0.25, 0.3) is 0 Å². The number of ether oxygens (including phenoxy) is 2. The number of methoxy groups -OCH3 is 2. The summed E-state index contributed by atoms with van der Waals surface area (Å²) in [5.74, 6) is -1.18. The highest BCUT2D eigenvalue weighted by molar-refractivity contribution is 5.85. The molecule has 0 spiro atoms. The van der Waals surface area contributed by atoms with E-state index in [2.05, 4.69) is 14.8 Å². The molecule has 0 saturated carbocycles. The van der Waals surface area contributed by atoms with Crippen molar-refractivity contribution in [1.82, 2.24) is 5.32 Å². The largest absolute Gasteiger partial charge is 0.469 e. The Balaban J connectivity index is 2.63. The molecule has 1 rings (SSSR count). The first kappa shape index (κ1) is 9.98. The van der Waals surface area contributed by atoms with E-state index in [-0.39, 0.29) is 5.97 Å². The molecule has 0 amide bonds. The summed E-state index contributed by atoms with van der Waals surface area (Å²) in [6.45, 7) is 0.638. The van der Waals surface area contributed by atoms with Gasteiger partial charge in [-0.1, -0.05) is 0 Å². The quantitative estimate of drug-likeness (QED) is 0.580. The Morgan fingerprint density at radius 2 is 1.85 bits per heavy atom. The average molecular weight is 187 g/mol. The van der Waals surface area contributed by atoms with Crippen molar-refractivity contribution in [1.29, 1.82) is 0 Å². The molecular formula is C8H13NO4. The highest BCUT2D eigenvalue weighted by Gasteiger charge is 2.38. The summed E-state index contributed by atoms with van der Waals surface area (Å²) in [5, 5.41) is 2.90. The summed E-state index contributed by atoms with van der Waals surface area (Å²) < 4.78 is 9.12. The topological polar surface area (TPSA) is 64.6 Å². The molecule has 1 aliphatic rings. The van der Waals surface area contributed by atoms with Crippen molar-refractivity contribution in [2.75, 3.05) is 20.8 Å². The van der Waals surface area contributed by atoms with E-state index in [0.29, 0.717) is 13.0 Å². The summed E-state index contributed by atoms with van der Waals surface area (Å²) in [6, 6.07) is -0.544. The van der Waals surface area contributed by atoms with E-state index in [1.807, 2.05) is 0 Å². The number of carbonyl (C=O) groups excluding carboxylic acids is 2. The van der Waals surface area contributed by atoms with Gasteiger partial charge >= 0.3 is 11.9 Å². The van der Waals surface area contributed by atoms with Crippen molar-refractivity contribution in [2.45, 2.75) is 12.5 Å². The molecule has 0 bridgehead atoms. The Hall–Kier alpha value is -1.10. The molecule has 0 aromatic rings. The smallest absolute Gasteiger partial charge is 0.323 e. The molecular weight excluding hydrogens is 174 g/mol. The molecule has 1 saturated heterocycles. The first-order valence-corrected chi connectivity index (χ1v) is 4.09. The minimum atomic E-state index is -0.544. The van der Waals surface area contributed by atoms with E-state index in [0.717, 1.165) is 0 Å². The molecule has 0 aromatic heterocycles. The van der Waals surface area contributed by atoms with Crippen molar-refractivity contribution in [2.24, 2.45) is 5.92 Å². The second-order valence-corrected chi connectivity index (χ2v) is 2.87. The standard InChI is InChI=1S/C8H13NO4/c1-12-7(10)5-3-4-9-6(5)8(11)13-2/h5-6,9H,3-4H2,1-2H3. The van der Waals surface area contributed by atoms with Crippen LogP contribution in [0.3, 0.4) is 0 Å². The predicted molar refractivity (Wildman–Crippen MR) is 43.9 cm³/mol. The van der Waals surface area contributed by atoms with E-state index in [1.54, 1.807) is 0 Å². The van der Waals surface area contributed by atoms with Gasteiger partial charge in [-0.15, -0.1) is 0 Å². The zero-order valence-electron chi connectivity index (χ0n) is 7.70. The molecule has 1 heterocycles. The van der Waals surface area contributed by atoms with E-state index < -0.39 is 17.9 Å². The normalized spacial score (nSPS) is 26.9. The number of rotatable bonds is 2. The van der Waals surface area contributed by atoms with Gasteiger partial charge in [0.1, 0.15) is 6.04 Å². The Labute approximate surface area is 76.4 Å². The van der Waals surface area contributed by atoms with Crippen LogP contribution in [0.4, 0.5) is 0 Å². The van der Waals surface area contributed by atoms with E-state index in [9.17, 15) is 9.59 Å². The molecule has 2 atom stereocenters. The lowest BCUT2D eigenvalue weighted by atomic mass is 10.0. The fourth-order valence-electron chi connectivity index (χ4n) is 1.48. The maximum absolute atomic E-state index is 11.2. The van der Waals surface area contributed by atoms with Crippen LogP contribution in [0.5, 0.6) is 0 Å². The number of hydrogen-bond donors (Lipinski definition) is 1. The van der Waals surface area contributed by atoms with Crippen molar-refractivity contribution in [3.8, 4) is 0 Å². The van der Waals surface area contributed by atoms with Crippen LogP contribution in [-0.2, 0) is 19.1 Å². The zero-order valence-corrected chi connectivity index (χ0v) is 7.70. The minimum Gasteiger partial charge on any atom is -0.469 e. The van der Waals surface area contributed by atoms with Crippen LogP contribution in [0.2, 0.25) is 0 Å². The third-order valence-corrected chi connectivity index (χ3v) is 2.18. The molecule has 0 aromatic carbocycles. The average Bonchev–Trinajstić information content (AvgIpc) is 2.63. The van der Waals surface area contributed by atoms with Crippen LogP contribution >= 0.6 is 0 Å². The van der Waals surface area contributed by atoms with Crippen LogP contribution < -0.4 is 5.32 Å². The Morgan fingerprint density at radius 1 is 1.23 bits per heavy atom. The lowest BCUT2D eigenvalue weighted by molar-refractivity contribution is -0.153. The number of carbonyl (C=O) groups is 2. The second-order valence-electron chi connectivity index (χ2n) is 2.87. The zero-order chi connectivity index (χ0) is 9.84. The SMILES string of the molecule is COC(=O)C1CCNC1C(=O)OC. The molecule has 1 fully saturated rings. The predicted octanol–water partition coefficient (Wildman–Crippen LogP) is -0.690. The van der Waals surface area contributed by atoms with Gasteiger partial charge in [-0.3, -0.25) is 9.59 Å². The lowest BCUT2D eigenvalue weighted by Gasteiger charge is -2.14. The monoisotopic (exact) mass is 187 g/mol. The molecule has 2 unspecified atom stereocenters. The number of esters is 2. The van der Waals surface area contributed by atoms with Gasteiger partial charge in [0.05, 0.1) is 20.1 Å². The minimum absolute atomic E-state index is 0.361. The maximum Gasteiger partial charge on any atom is 0.323 e. The Morgan fingerprint density at radius 3 is 2.38 bits per heavy atom. The van der Waals surface area contributed by atoms with Crippen molar-refractivity contribution in [3.63, 3.8) is 0 Å². The number of hydrogen-bond acceptors (Lipinski definition) is 5. The summed E-state index contributed by atoms with van der Waals surface area (Å²) >= 11 is 0. The Kier molecular flexibility index (Phi) is 3.25. The molecule has 1 aliphatic heterocycles. The molecule has 1 N–H and O–H groups in total. The van der Waals surface area contributed by atoms with Gasteiger partial charge in [-0.2, -0.15) is 0 Å². The molecule has 5 nitrogen and oxygen atoms in total. The fourth-order valence-corrected chi connectivity index (χ4v) is 1.48. The highest BCUT2D eigenvalue weighted by Crippen LogP contribution is 2.17. The molecule has 5 heteroatoms. The highest BCUT2D eigenvalue weighted by atomic mass is 16.5. The van der Waals surface area contributed by atoms with Crippen molar-refractivity contribution >= 4 is 11.9 Å². The molecule has 74 valence electrons. The maximum atomic E-state index is 11.2. The summed E-state index contributed by atoms with van der Waals surface area (Å²) in [4.78, 5) is 22.3. The van der Waals surface area contributed by atoms with Gasteiger partial charge in [-0.25, -0.2) is 0 Å². The summed E-state index contributed by atoms with van der Waals surface area (Å²) in [6.07, 6.45) is 0.618. The van der Waals surface area contributed by atoms with E-state index >= 15 is 0 Å². The summed E-state index contributed by atoms with van der Waals surface area (Å²) in [7, 11) is 2.62. The number of nitrogens with one attached hydrogen (secondary N) is 1. The van der Waals surface area contributed by atoms with Crippen LogP contribution in [0.15, 0.2) is 0 Å². The first-order chi connectivity index (χ1) is 6.20. The Bertz CT molecular complexity index is 194. The third-order valence-electron chi connectivity index (χ3n) is 2.18. The van der Waals surface area contributed by atoms with Gasteiger partial charge < -0.3 is 14.8 Å². The van der Waals surface area contributed by atoms with Crippen LogP contribution in [-0.4, -0.2) is 38.7 Å². The molecule has 0 radical (unpaired) electrons. The van der Waals surface area contributed by atoms with Gasteiger partial charge in [0.25, 0.3) is 0 Å². The van der Waals surface area contributed by atoms with Crippen molar-refractivity contribution in [3.05, 3.63) is 0 Å². The van der Waals surface area contributed by atoms with Gasteiger partial charge in [0, 0.05) is 0 Å². The van der Waals surface area contributed by atoms with Crippen LogP contribution in [0, 0.1) is 5.92 Å². The fraction of sp³-hybridized carbons (Fsp3) is 0.750. The van der Waals surface area contributed by atoms with E-state index in [4.69, 9.17) is 0 Å². The molecule has 13 heavy (non-hydrogen) atoms. The van der Waals surface area contributed by atoms with Gasteiger partial charge in [0.2, 0.25) is 0 Å². The molecule has 0 aliphatic carbocycles. The van der Waals surface area contributed by atoms with Gasteiger partial charge in [-0.05, 0) is 13.0 Å². The summed E-state index contributed by atoms with van der Waals surface area (Å²) in [5.41, 5.74) is 0. The first-order valence-electron chi connectivity index (χ1n) is 4.09. The van der Waals surface area contributed by atoms with E-state index in [1.165, 1.54) is 14.2 Å². The lowest BCUT2D eigenvalue weighted by Crippen LogP contribution is -2.39. The van der Waals surface area contributed by atoms with Crippen molar-refractivity contribution < 1.29 is 19.1 Å². The van der Waals surface area contributed by atoms with Crippen LogP contribution in [0.1, 0.15) is 6.42 Å².